The number of carbonyl (C=O) groups excluding carboxylic acids is 2. The molecule has 0 saturated carbocycles. The molecule has 5 atom stereocenters. The Morgan fingerprint density at radius 3 is 2.26 bits per heavy atom. The average Bonchev–Trinajstić information content (AvgIpc) is 3.97. The van der Waals surface area contributed by atoms with Crippen LogP contribution in [-0.4, -0.2) is 95.3 Å². The Kier molecular flexibility index (Phi) is 11.8. The summed E-state index contributed by atoms with van der Waals surface area (Å²) in [5, 5.41) is 12.4. The van der Waals surface area contributed by atoms with Crippen molar-refractivity contribution in [1.29, 1.82) is 0 Å². The van der Waals surface area contributed by atoms with Gasteiger partial charge in [-0.1, -0.05) is 72.8 Å². The van der Waals surface area contributed by atoms with Crippen LogP contribution >= 0.6 is 0 Å². The number of amides is 2. The van der Waals surface area contributed by atoms with Crippen molar-refractivity contribution in [3.63, 3.8) is 0 Å². The van der Waals surface area contributed by atoms with Crippen molar-refractivity contribution in [2.75, 3.05) is 39.3 Å². The third kappa shape index (κ3) is 8.95. The summed E-state index contributed by atoms with van der Waals surface area (Å²) in [6.45, 7) is 5.39. The average molecular weight is 735 g/mol. The van der Waals surface area contributed by atoms with Gasteiger partial charge in [0.15, 0.2) is 6.29 Å². The quantitative estimate of drug-likeness (QED) is 0.245. The molecule has 7 rings (SSSR count). The summed E-state index contributed by atoms with van der Waals surface area (Å²) in [4.78, 5) is 30.7. The van der Waals surface area contributed by atoms with Crippen LogP contribution in [0, 0.1) is 0 Å². The Morgan fingerprint density at radius 2 is 1.53 bits per heavy atom. The molecule has 3 aromatic rings. The molecule has 2 N–H and O–H groups in total. The number of benzene rings is 3. The van der Waals surface area contributed by atoms with Gasteiger partial charge in [0.05, 0.1) is 18.8 Å². The summed E-state index contributed by atoms with van der Waals surface area (Å²) in [5.74, 6) is -2.57. The smallest absolute Gasteiger partial charge is 0.392 e. The Bertz CT molecular complexity index is 1700. The zero-order chi connectivity index (χ0) is 37.0. The molecular weight excluding hydrogens is 685 g/mol. The molecule has 12 heteroatoms. The van der Waals surface area contributed by atoms with Gasteiger partial charge in [-0.3, -0.25) is 14.5 Å². The maximum absolute atomic E-state index is 13.1. The van der Waals surface area contributed by atoms with E-state index in [0.29, 0.717) is 17.4 Å². The molecule has 3 aromatic carbocycles. The summed E-state index contributed by atoms with van der Waals surface area (Å²) in [6, 6.07) is 22.8. The van der Waals surface area contributed by atoms with Crippen LogP contribution in [0.2, 0.25) is 0 Å². The van der Waals surface area contributed by atoms with Crippen molar-refractivity contribution < 1.29 is 37.3 Å². The van der Waals surface area contributed by atoms with Gasteiger partial charge in [0.2, 0.25) is 5.91 Å². The summed E-state index contributed by atoms with van der Waals surface area (Å²) in [5.41, 5.74) is 5.35. The van der Waals surface area contributed by atoms with Gasteiger partial charge in [-0.15, -0.1) is 0 Å². The molecule has 5 unspecified atom stereocenters. The number of rotatable bonds is 11. The van der Waals surface area contributed by atoms with Gasteiger partial charge in [0.25, 0.3) is 0 Å². The topological polar surface area (TPSA) is 94.6 Å². The van der Waals surface area contributed by atoms with Crippen molar-refractivity contribution in [2.24, 2.45) is 0 Å². The van der Waals surface area contributed by atoms with E-state index in [0.717, 1.165) is 59.4 Å². The Hall–Kier alpha value is -3.81. The first-order valence-corrected chi connectivity index (χ1v) is 19.0. The van der Waals surface area contributed by atoms with E-state index < -0.39 is 30.3 Å². The third-order valence-electron chi connectivity index (χ3n) is 11.2. The number of alkyl halides is 3. The third-order valence-corrected chi connectivity index (χ3v) is 11.2. The van der Waals surface area contributed by atoms with Crippen molar-refractivity contribution in [2.45, 2.75) is 94.9 Å². The highest BCUT2D eigenvalue weighted by molar-refractivity contribution is 5.90. The molecule has 0 spiro atoms. The van der Waals surface area contributed by atoms with Crippen LogP contribution in [0.5, 0.6) is 0 Å². The van der Waals surface area contributed by atoms with E-state index in [2.05, 4.69) is 15.1 Å². The van der Waals surface area contributed by atoms with Crippen LogP contribution in [0.3, 0.4) is 0 Å². The molecule has 284 valence electrons. The largest absolute Gasteiger partial charge is 0.471 e. The van der Waals surface area contributed by atoms with E-state index in [1.807, 2.05) is 72.8 Å². The number of halogens is 3. The molecule has 0 bridgehead atoms. The second-order valence-electron chi connectivity index (χ2n) is 14.8. The maximum atomic E-state index is 13.1. The van der Waals surface area contributed by atoms with Crippen LogP contribution in [0.4, 0.5) is 13.2 Å². The fourth-order valence-corrected chi connectivity index (χ4v) is 8.42. The molecule has 4 aliphatic heterocycles. The van der Waals surface area contributed by atoms with Gasteiger partial charge >= 0.3 is 12.1 Å². The van der Waals surface area contributed by atoms with Gasteiger partial charge in [-0.05, 0) is 86.0 Å². The number of ether oxygens (including phenoxy) is 2. The van der Waals surface area contributed by atoms with E-state index in [1.165, 1.54) is 38.8 Å². The zero-order valence-electron chi connectivity index (χ0n) is 30.0. The number of hydrogen-bond donors (Lipinski definition) is 2. The lowest BCUT2D eigenvalue weighted by atomic mass is 9.97. The highest BCUT2D eigenvalue weighted by Crippen LogP contribution is 2.39. The molecule has 9 nitrogen and oxygen atoms in total. The normalized spacial score (nSPS) is 25.6. The number of hydrogen-bond acceptors (Lipinski definition) is 7. The molecule has 4 aliphatic rings. The van der Waals surface area contributed by atoms with E-state index in [1.54, 1.807) is 0 Å². The summed E-state index contributed by atoms with van der Waals surface area (Å²) < 4.78 is 52.7. The first-order chi connectivity index (χ1) is 25.7. The van der Waals surface area contributed by atoms with Crippen LogP contribution in [-0.2, 0) is 32.2 Å². The zero-order valence-corrected chi connectivity index (χ0v) is 30.0. The lowest BCUT2D eigenvalue weighted by molar-refractivity contribution is -0.253. The van der Waals surface area contributed by atoms with Gasteiger partial charge in [0.1, 0.15) is 6.04 Å². The van der Waals surface area contributed by atoms with Gasteiger partial charge in [-0.25, -0.2) is 0 Å². The fraction of sp³-hybridized carbons (Fsp3) is 0.512. The number of likely N-dealkylation sites (tertiary alicyclic amines) is 3. The summed E-state index contributed by atoms with van der Waals surface area (Å²) in [6.07, 6.45) is 0.389. The molecule has 0 aromatic heterocycles. The van der Waals surface area contributed by atoms with Gasteiger partial charge in [-0.2, -0.15) is 13.2 Å². The van der Waals surface area contributed by atoms with E-state index in [9.17, 15) is 27.9 Å². The van der Waals surface area contributed by atoms with E-state index in [-0.39, 0.29) is 38.3 Å². The molecule has 4 heterocycles. The maximum Gasteiger partial charge on any atom is 0.471 e. The predicted molar refractivity (Wildman–Crippen MR) is 193 cm³/mol. The van der Waals surface area contributed by atoms with Crippen molar-refractivity contribution in [1.82, 2.24) is 20.0 Å². The predicted octanol–water partition coefficient (Wildman–Crippen LogP) is 6.12. The van der Waals surface area contributed by atoms with E-state index in [4.69, 9.17) is 9.47 Å². The monoisotopic (exact) mass is 734 g/mol. The van der Waals surface area contributed by atoms with Crippen LogP contribution in [0.25, 0.3) is 11.1 Å². The highest BCUT2D eigenvalue weighted by Gasteiger charge is 2.47. The molecule has 0 radical (unpaired) electrons. The molecule has 4 saturated heterocycles. The number of nitrogens with zero attached hydrogens (tertiary/aromatic N) is 3. The Morgan fingerprint density at radius 1 is 0.811 bits per heavy atom. The molecule has 4 fully saturated rings. The first-order valence-electron chi connectivity index (χ1n) is 19.0. The standard InChI is InChI=1S/C41H49F3N4O5/c42-41(43,44)40(51)48-22-6-10-36(48)38(50)45-24-32-7-1-2-9-35(32)29-15-17-31(18-16-29)39-52-34(23-37(53-39)30-13-11-28(27-49)12-14-30)26-47-21-5-8-33(47)25-46-19-3-4-20-46/h1-2,7,9,11-18,33-34,36-37,39,49H,3-6,8,10,19-27H2,(H,45,50). The SMILES string of the molecule is O=C(NCc1ccccc1-c1ccc(C2OC(CN3CCCC3CN3CCCC3)CC(c3ccc(CO)cc3)O2)cc1)C1CCCN1C(=O)C(F)(F)F. The van der Waals surface area contributed by atoms with Gasteiger partial charge in [0, 0.05) is 44.2 Å². The Labute approximate surface area is 309 Å². The van der Waals surface area contributed by atoms with Crippen molar-refractivity contribution in [3.05, 3.63) is 95.1 Å². The van der Waals surface area contributed by atoms with Crippen LogP contribution < -0.4 is 5.32 Å². The summed E-state index contributed by atoms with van der Waals surface area (Å²) in [7, 11) is 0. The van der Waals surface area contributed by atoms with Crippen molar-refractivity contribution >= 4 is 11.8 Å². The minimum absolute atomic E-state index is 0.0164. The first kappa shape index (κ1) is 37.5. The number of nitrogens with one attached hydrogen (secondary N) is 1. The molecule has 2 amide bonds. The number of aliphatic hydroxyl groups is 1. The number of aliphatic hydroxyl groups excluding tert-OH is 1. The second kappa shape index (κ2) is 16.7. The lowest BCUT2D eigenvalue weighted by Gasteiger charge is -2.39. The molecule has 53 heavy (non-hydrogen) atoms. The minimum atomic E-state index is -5.02. The van der Waals surface area contributed by atoms with Crippen LogP contribution in [0.1, 0.15) is 79.6 Å². The lowest BCUT2D eigenvalue weighted by Crippen LogP contribution is -2.50. The second-order valence-corrected chi connectivity index (χ2v) is 14.8. The van der Waals surface area contributed by atoms with Crippen molar-refractivity contribution in [3.8, 4) is 11.1 Å². The van der Waals surface area contributed by atoms with E-state index >= 15 is 0 Å². The highest BCUT2D eigenvalue weighted by atomic mass is 19.4. The molecule has 0 aliphatic carbocycles. The Balaban J connectivity index is 1.05. The minimum Gasteiger partial charge on any atom is -0.392 e. The molecular formula is C41H49F3N4O5. The van der Waals surface area contributed by atoms with Crippen LogP contribution in [0.15, 0.2) is 72.8 Å². The van der Waals surface area contributed by atoms with Gasteiger partial charge < -0.3 is 29.7 Å². The summed E-state index contributed by atoms with van der Waals surface area (Å²) >= 11 is 0. The number of carbonyl (C=O) groups is 2. The fourth-order valence-electron chi connectivity index (χ4n) is 8.42.